The van der Waals surface area contributed by atoms with E-state index in [1.807, 2.05) is 68.4 Å². The average molecular weight is 479 g/mol. The van der Waals surface area contributed by atoms with Crippen LogP contribution in [0.25, 0.3) is 0 Å². The molecule has 0 saturated heterocycles. The van der Waals surface area contributed by atoms with Crippen LogP contribution in [0.5, 0.6) is 0 Å². The first-order valence-electron chi connectivity index (χ1n) is 11.4. The summed E-state index contributed by atoms with van der Waals surface area (Å²) in [6.45, 7) is 1.64. The summed E-state index contributed by atoms with van der Waals surface area (Å²) < 4.78 is 5.64. The molecule has 3 rings (SSSR count). The van der Waals surface area contributed by atoms with Crippen LogP contribution < -0.4 is 15.9 Å². The highest BCUT2D eigenvalue weighted by Crippen LogP contribution is 2.47. The molecule has 0 fully saturated rings. The van der Waals surface area contributed by atoms with Crippen LogP contribution in [-0.2, 0) is 14.3 Å². The minimum atomic E-state index is -2.51. The van der Waals surface area contributed by atoms with Crippen LogP contribution in [0.2, 0.25) is 0 Å². The number of rotatable bonds is 10. The second-order valence-corrected chi connectivity index (χ2v) is 12.1. The summed E-state index contributed by atoms with van der Waals surface area (Å²) in [4.78, 5) is 25.8. The van der Waals surface area contributed by atoms with Crippen molar-refractivity contribution in [2.24, 2.45) is 0 Å². The molecular weight excluding hydrogens is 447 g/mol. The normalized spacial score (nSPS) is 11.1. The van der Waals surface area contributed by atoms with Gasteiger partial charge in [-0.3, -0.25) is 4.79 Å². The van der Waals surface area contributed by atoms with Crippen molar-refractivity contribution in [3.63, 3.8) is 0 Å². The minimum absolute atomic E-state index is 0.170. The summed E-state index contributed by atoms with van der Waals surface area (Å²) in [5.41, 5.74) is 0. The maximum Gasteiger partial charge on any atom is 0.335 e. The largest absolute Gasteiger partial charge is 0.463 e. The first-order valence-corrected chi connectivity index (χ1v) is 14.2. The lowest BCUT2D eigenvalue weighted by Crippen LogP contribution is -2.34. The lowest BCUT2D eigenvalue weighted by molar-refractivity contribution is -0.134. The monoisotopic (exact) mass is 478 g/mol. The first kappa shape index (κ1) is 25.1. The van der Waals surface area contributed by atoms with E-state index in [-0.39, 0.29) is 11.1 Å². The fourth-order valence-corrected chi connectivity index (χ4v) is 9.54. The van der Waals surface area contributed by atoms with E-state index >= 15 is 0 Å². The Labute approximate surface area is 201 Å². The molecule has 5 heteroatoms. The third kappa shape index (κ3) is 5.88. The van der Waals surface area contributed by atoms with E-state index in [9.17, 15) is 9.59 Å². The van der Waals surface area contributed by atoms with E-state index in [0.717, 1.165) is 27.6 Å². The van der Waals surface area contributed by atoms with Gasteiger partial charge in [0.05, 0.1) is 6.61 Å². The van der Waals surface area contributed by atoms with Gasteiger partial charge in [0.25, 0.3) is 0 Å². The first-order chi connectivity index (χ1) is 16.1. The van der Waals surface area contributed by atoms with Gasteiger partial charge >= 0.3 is 5.97 Å². The molecule has 0 N–H and O–H groups in total. The Morgan fingerprint density at radius 2 is 1.18 bits per heavy atom. The van der Waals surface area contributed by atoms with Crippen molar-refractivity contribution in [1.82, 2.24) is 0 Å². The van der Waals surface area contributed by atoms with Crippen molar-refractivity contribution in [2.45, 2.75) is 33.1 Å². The molecule has 0 aliphatic heterocycles. The minimum Gasteiger partial charge on any atom is -0.463 e. The van der Waals surface area contributed by atoms with Crippen LogP contribution in [0.1, 0.15) is 33.1 Å². The number of ether oxygens (including phenoxy) is 1. The van der Waals surface area contributed by atoms with Gasteiger partial charge in [-0.25, -0.2) is 4.79 Å². The second-order valence-electron chi connectivity index (χ2n) is 7.57. The lowest BCUT2D eigenvalue weighted by Gasteiger charge is -2.32. The van der Waals surface area contributed by atoms with E-state index in [1.54, 1.807) is 0 Å². The Hall–Kier alpha value is -2.55. The van der Waals surface area contributed by atoms with Gasteiger partial charge < -0.3 is 4.74 Å². The van der Waals surface area contributed by atoms with Gasteiger partial charge in [-0.2, -0.15) is 0 Å². The third-order valence-corrected chi connectivity index (χ3v) is 10.8. The molecule has 0 bridgehead atoms. The molecule has 0 saturated carbocycles. The van der Waals surface area contributed by atoms with Gasteiger partial charge in [0.15, 0.2) is 5.12 Å². The highest BCUT2D eigenvalue weighted by atomic mass is 32.2. The maximum absolute atomic E-state index is 13.6. The molecule has 0 aliphatic rings. The molecular formula is C28H31O3PS. The summed E-state index contributed by atoms with van der Waals surface area (Å²) in [7, 11) is 0. The number of thioether (sulfide) groups is 1. The van der Waals surface area contributed by atoms with Crippen LogP contribution in [0.4, 0.5) is 0 Å². The van der Waals surface area contributed by atoms with E-state index in [2.05, 4.69) is 36.4 Å². The molecule has 3 aromatic carbocycles. The Morgan fingerprint density at radius 3 is 1.58 bits per heavy atom. The highest BCUT2D eigenvalue weighted by molar-refractivity contribution is 8.13. The van der Waals surface area contributed by atoms with Crippen molar-refractivity contribution in [1.29, 1.82) is 0 Å². The number of esters is 1. The van der Waals surface area contributed by atoms with Crippen LogP contribution >= 0.6 is 18.6 Å². The van der Waals surface area contributed by atoms with Gasteiger partial charge in [-0.15, -0.1) is 0 Å². The van der Waals surface area contributed by atoms with Crippen LogP contribution in [0.3, 0.4) is 0 Å². The third-order valence-electron chi connectivity index (χ3n) is 5.40. The smallest absolute Gasteiger partial charge is 0.335 e. The van der Waals surface area contributed by atoms with Crippen molar-refractivity contribution in [2.75, 3.05) is 12.4 Å². The molecule has 0 aliphatic carbocycles. The summed E-state index contributed by atoms with van der Waals surface area (Å²) in [6.07, 6.45) is 1.87. The SMILES string of the molecule is CCCC(=O)SCCC(C(=O)OCC)=P(c1ccccc1)(c1ccccc1)c1ccccc1. The summed E-state index contributed by atoms with van der Waals surface area (Å²) >= 11 is 1.32. The van der Waals surface area contributed by atoms with Crippen LogP contribution in [0, 0.1) is 0 Å². The topological polar surface area (TPSA) is 43.4 Å². The van der Waals surface area contributed by atoms with Crippen molar-refractivity contribution < 1.29 is 14.3 Å². The van der Waals surface area contributed by atoms with Gasteiger partial charge in [0, 0.05) is 17.5 Å². The molecule has 0 atom stereocenters. The lowest BCUT2D eigenvalue weighted by atomic mass is 10.3. The van der Waals surface area contributed by atoms with E-state index in [0.29, 0.717) is 25.2 Å². The van der Waals surface area contributed by atoms with Gasteiger partial charge in [-0.1, -0.05) is 110 Å². The molecule has 172 valence electrons. The molecule has 0 unspecified atom stereocenters. The van der Waals surface area contributed by atoms with Crippen molar-refractivity contribution >= 4 is 50.9 Å². The number of carbonyl (C=O) groups excluding carboxylic acids is 2. The number of hydrogen-bond donors (Lipinski definition) is 0. The fourth-order valence-electron chi connectivity index (χ4n) is 4.03. The van der Waals surface area contributed by atoms with E-state index in [1.165, 1.54) is 11.8 Å². The Kier molecular flexibility index (Phi) is 9.60. The molecule has 0 heterocycles. The van der Waals surface area contributed by atoms with E-state index in [4.69, 9.17) is 4.74 Å². The molecule has 0 spiro atoms. The molecule has 33 heavy (non-hydrogen) atoms. The molecule has 3 nitrogen and oxygen atoms in total. The van der Waals surface area contributed by atoms with Crippen LogP contribution in [0.15, 0.2) is 91.0 Å². The second kappa shape index (κ2) is 12.6. The van der Waals surface area contributed by atoms with Gasteiger partial charge in [0.1, 0.15) is 0 Å². The zero-order valence-electron chi connectivity index (χ0n) is 19.3. The molecule has 0 amide bonds. The van der Waals surface area contributed by atoms with Gasteiger partial charge in [0.2, 0.25) is 0 Å². The number of benzene rings is 3. The quantitative estimate of drug-likeness (QED) is 0.298. The standard InChI is InChI=1S/C28H31O3PS/c1-3-14-27(29)33-22-21-26(28(30)31-4-2)32(23-15-8-5-9-16-23,24-17-10-6-11-18-24)25-19-12-7-13-20-25/h5-13,15-20H,3-4,14,21-22H2,1-2H3. The van der Waals surface area contributed by atoms with Crippen molar-refractivity contribution in [3.8, 4) is 0 Å². The maximum atomic E-state index is 13.6. The highest BCUT2D eigenvalue weighted by Gasteiger charge is 2.33. The Morgan fingerprint density at radius 1 is 0.727 bits per heavy atom. The fraction of sp³-hybridized carbons (Fsp3) is 0.250. The number of hydrogen-bond acceptors (Lipinski definition) is 4. The molecule has 0 radical (unpaired) electrons. The van der Waals surface area contributed by atoms with Crippen LogP contribution in [-0.4, -0.2) is 28.7 Å². The predicted octanol–water partition coefficient (Wildman–Crippen LogP) is 5.17. The van der Waals surface area contributed by atoms with E-state index < -0.39 is 6.89 Å². The summed E-state index contributed by atoms with van der Waals surface area (Å²) in [6, 6.07) is 30.8. The average Bonchev–Trinajstić information content (AvgIpc) is 2.86. The summed E-state index contributed by atoms with van der Waals surface area (Å²) in [5, 5.41) is 4.24. The molecule has 0 aromatic heterocycles. The molecule has 3 aromatic rings. The number of carbonyl (C=O) groups is 2. The van der Waals surface area contributed by atoms with Gasteiger partial charge in [-0.05, 0) is 42.6 Å². The predicted molar refractivity (Wildman–Crippen MR) is 144 cm³/mol. The summed E-state index contributed by atoms with van der Waals surface area (Å²) in [5.74, 6) is 0.284. The zero-order chi connectivity index (χ0) is 23.5. The Balaban J connectivity index is 2.35. The van der Waals surface area contributed by atoms with Crippen molar-refractivity contribution in [3.05, 3.63) is 91.0 Å². The zero-order valence-corrected chi connectivity index (χ0v) is 21.0. The Bertz CT molecular complexity index is 992.